The summed E-state index contributed by atoms with van der Waals surface area (Å²) >= 11 is 0. The first kappa shape index (κ1) is 16.3. The van der Waals surface area contributed by atoms with Gasteiger partial charge in [0.2, 0.25) is 5.91 Å². The van der Waals surface area contributed by atoms with Gasteiger partial charge in [-0.05, 0) is 12.8 Å². The van der Waals surface area contributed by atoms with Crippen molar-refractivity contribution >= 4 is 17.5 Å². The van der Waals surface area contributed by atoms with E-state index in [-0.39, 0.29) is 23.8 Å². The van der Waals surface area contributed by atoms with Crippen LogP contribution in [0.25, 0.3) is 0 Å². The Labute approximate surface area is 146 Å². The molecule has 1 saturated carbocycles. The quantitative estimate of drug-likeness (QED) is 0.709. The molecule has 4 rings (SSSR count). The summed E-state index contributed by atoms with van der Waals surface area (Å²) in [6.07, 6.45) is 2.81. The van der Waals surface area contributed by atoms with Gasteiger partial charge in [-0.2, -0.15) is 5.26 Å². The van der Waals surface area contributed by atoms with Gasteiger partial charge in [-0.3, -0.25) is 9.59 Å². The highest BCUT2D eigenvalue weighted by molar-refractivity contribution is 6.40. The van der Waals surface area contributed by atoms with E-state index in [0.717, 1.165) is 12.8 Å². The van der Waals surface area contributed by atoms with Crippen LogP contribution in [0.5, 0.6) is 0 Å². The predicted molar refractivity (Wildman–Crippen MR) is 86.3 cm³/mol. The molecule has 8 nitrogen and oxygen atoms in total. The first-order valence-corrected chi connectivity index (χ1v) is 8.96. The van der Waals surface area contributed by atoms with Gasteiger partial charge in [0.15, 0.2) is 11.8 Å². The number of carbonyl (C=O) groups excluding carboxylic acids is 2. The van der Waals surface area contributed by atoms with Crippen molar-refractivity contribution in [3.8, 4) is 6.07 Å². The Kier molecular flexibility index (Phi) is 4.12. The topological polar surface area (TPSA) is 95.2 Å². The van der Waals surface area contributed by atoms with Crippen molar-refractivity contribution in [3.63, 3.8) is 0 Å². The molecule has 2 amide bonds. The number of fused-ring (bicyclic) bond motifs is 1. The van der Waals surface area contributed by atoms with E-state index in [0.29, 0.717) is 57.9 Å². The first-order chi connectivity index (χ1) is 12.1. The van der Waals surface area contributed by atoms with E-state index in [1.807, 2.05) is 0 Å². The Hall–Kier alpha value is -2.14. The van der Waals surface area contributed by atoms with Gasteiger partial charge >= 0.3 is 0 Å². The number of morpholine rings is 1. The molecule has 8 heteroatoms. The summed E-state index contributed by atoms with van der Waals surface area (Å²) in [6, 6.07) is 2.25. The summed E-state index contributed by atoms with van der Waals surface area (Å²) in [5.41, 5.74) is -0.482. The molecule has 4 aliphatic rings. The van der Waals surface area contributed by atoms with Gasteiger partial charge in [0.05, 0.1) is 31.7 Å². The number of nitriles is 1. The Bertz CT molecular complexity index is 644. The number of rotatable bonds is 2. The number of nitrogens with zero attached hydrogens (tertiary/aromatic N) is 4. The van der Waals surface area contributed by atoms with Crippen molar-refractivity contribution in [1.29, 1.82) is 5.26 Å². The minimum absolute atomic E-state index is 0.108. The van der Waals surface area contributed by atoms with Gasteiger partial charge in [-0.25, -0.2) is 0 Å². The second-order valence-corrected chi connectivity index (χ2v) is 7.24. The van der Waals surface area contributed by atoms with Crippen LogP contribution in [-0.2, 0) is 19.2 Å². The molecule has 2 atom stereocenters. The maximum Gasteiger partial charge on any atom is 0.272 e. The second-order valence-electron chi connectivity index (χ2n) is 7.24. The molecule has 0 aromatic rings. The first-order valence-electron chi connectivity index (χ1n) is 8.96. The minimum atomic E-state index is -0.885. The lowest BCUT2D eigenvalue weighted by atomic mass is 9.86. The smallest absolute Gasteiger partial charge is 0.272 e. The molecule has 134 valence electrons. The van der Waals surface area contributed by atoms with E-state index in [2.05, 4.69) is 11.2 Å². The third-order valence-electron chi connectivity index (χ3n) is 5.79. The molecule has 0 unspecified atom stereocenters. The van der Waals surface area contributed by atoms with Gasteiger partial charge in [0.25, 0.3) is 5.91 Å². The SMILES string of the molecule is N#CC1(C(=O)N2C[C@@H]3C(C(=O)N4CCOCC4)=NO[C@@H]3C2)CCCC1. The van der Waals surface area contributed by atoms with Crippen molar-refractivity contribution in [2.24, 2.45) is 16.5 Å². The molecule has 0 aromatic heterocycles. The van der Waals surface area contributed by atoms with Gasteiger partial charge in [-0.15, -0.1) is 0 Å². The van der Waals surface area contributed by atoms with E-state index in [1.165, 1.54) is 0 Å². The van der Waals surface area contributed by atoms with Crippen LogP contribution in [0, 0.1) is 22.7 Å². The van der Waals surface area contributed by atoms with Gasteiger partial charge in [0, 0.05) is 19.6 Å². The number of amides is 2. The predicted octanol–water partition coefficient (Wildman–Crippen LogP) is 0.142. The average Bonchev–Trinajstić information content (AvgIpc) is 3.37. The molecule has 3 fully saturated rings. The molecule has 0 aromatic carbocycles. The van der Waals surface area contributed by atoms with Crippen LogP contribution >= 0.6 is 0 Å². The van der Waals surface area contributed by atoms with Crippen molar-refractivity contribution in [3.05, 3.63) is 0 Å². The maximum atomic E-state index is 12.9. The highest BCUT2D eigenvalue weighted by atomic mass is 16.6. The zero-order valence-electron chi connectivity index (χ0n) is 14.1. The van der Waals surface area contributed by atoms with E-state index in [9.17, 15) is 14.9 Å². The van der Waals surface area contributed by atoms with Crippen LogP contribution in [0.2, 0.25) is 0 Å². The largest absolute Gasteiger partial charge is 0.389 e. The minimum Gasteiger partial charge on any atom is -0.389 e. The number of hydrogen-bond donors (Lipinski definition) is 0. The molecular formula is C17H22N4O4. The molecule has 1 aliphatic carbocycles. The van der Waals surface area contributed by atoms with Crippen molar-refractivity contribution in [2.75, 3.05) is 39.4 Å². The van der Waals surface area contributed by atoms with Crippen LogP contribution in [0.4, 0.5) is 0 Å². The van der Waals surface area contributed by atoms with E-state index < -0.39 is 5.41 Å². The van der Waals surface area contributed by atoms with Crippen LogP contribution in [0.3, 0.4) is 0 Å². The fraction of sp³-hybridized carbons (Fsp3) is 0.765. The molecule has 2 saturated heterocycles. The van der Waals surface area contributed by atoms with Crippen LogP contribution in [0.1, 0.15) is 25.7 Å². The summed E-state index contributed by atoms with van der Waals surface area (Å²) in [6.45, 7) is 2.97. The third kappa shape index (κ3) is 2.67. The van der Waals surface area contributed by atoms with Gasteiger partial charge in [0.1, 0.15) is 5.41 Å². The molecule has 3 heterocycles. The fourth-order valence-corrected chi connectivity index (χ4v) is 4.28. The molecule has 0 bridgehead atoms. The molecule has 0 radical (unpaired) electrons. The Morgan fingerprint density at radius 3 is 2.56 bits per heavy atom. The Morgan fingerprint density at radius 2 is 1.88 bits per heavy atom. The summed E-state index contributed by atoms with van der Waals surface area (Å²) in [5.74, 6) is -0.430. The molecule has 0 N–H and O–H groups in total. The van der Waals surface area contributed by atoms with Crippen LogP contribution in [0.15, 0.2) is 5.16 Å². The lowest BCUT2D eigenvalue weighted by molar-refractivity contribution is -0.138. The van der Waals surface area contributed by atoms with Crippen molar-refractivity contribution in [2.45, 2.75) is 31.8 Å². The number of carbonyl (C=O) groups is 2. The number of hydrogen-bond acceptors (Lipinski definition) is 6. The summed E-state index contributed by atoms with van der Waals surface area (Å²) in [5, 5.41) is 13.5. The molecule has 25 heavy (non-hydrogen) atoms. The van der Waals surface area contributed by atoms with Crippen LogP contribution in [-0.4, -0.2) is 72.8 Å². The lowest BCUT2D eigenvalue weighted by Crippen LogP contribution is -2.46. The highest BCUT2D eigenvalue weighted by Gasteiger charge is 2.51. The number of ether oxygens (including phenoxy) is 1. The van der Waals surface area contributed by atoms with Gasteiger partial charge in [-0.1, -0.05) is 18.0 Å². The third-order valence-corrected chi connectivity index (χ3v) is 5.79. The van der Waals surface area contributed by atoms with Crippen LogP contribution < -0.4 is 0 Å². The lowest BCUT2D eigenvalue weighted by Gasteiger charge is -2.28. The molecule has 0 spiro atoms. The summed E-state index contributed by atoms with van der Waals surface area (Å²) in [4.78, 5) is 34.5. The van der Waals surface area contributed by atoms with Crippen molar-refractivity contribution in [1.82, 2.24) is 9.80 Å². The summed E-state index contributed by atoms with van der Waals surface area (Å²) in [7, 11) is 0. The number of likely N-dealkylation sites (tertiary alicyclic amines) is 1. The molecular weight excluding hydrogens is 324 g/mol. The fourth-order valence-electron chi connectivity index (χ4n) is 4.28. The van der Waals surface area contributed by atoms with E-state index >= 15 is 0 Å². The van der Waals surface area contributed by atoms with Crippen molar-refractivity contribution < 1.29 is 19.2 Å². The normalized spacial score (nSPS) is 30.4. The number of oxime groups is 1. The zero-order chi connectivity index (χ0) is 17.4. The maximum absolute atomic E-state index is 12.9. The monoisotopic (exact) mass is 346 g/mol. The van der Waals surface area contributed by atoms with E-state index in [4.69, 9.17) is 9.57 Å². The zero-order valence-corrected chi connectivity index (χ0v) is 14.1. The highest BCUT2D eigenvalue weighted by Crippen LogP contribution is 2.41. The Balaban J connectivity index is 1.45. The standard InChI is InChI=1S/C17H22N4O4/c18-11-17(3-1-2-4-17)16(23)21-9-12-13(10-21)25-19-14(12)15(22)20-5-7-24-8-6-20/h12-13H,1-10H2/t12-,13+/m0/s1. The van der Waals surface area contributed by atoms with Gasteiger partial charge < -0.3 is 19.4 Å². The average molecular weight is 346 g/mol. The Morgan fingerprint density at radius 1 is 1.16 bits per heavy atom. The van der Waals surface area contributed by atoms with E-state index in [1.54, 1.807) is 9.80 Å². The summed E-state index contributed by atoms with van der Waals surface area (Å²) < 4.78 is 5.28. The second kappa shape index (κ2) is 6.30. The molecule has 3 aliphatic heterocycles.